The molecule has 0 aliphatic heterocycles. The summed E-state index contributed by atoms with van der Waals surface area (Å²) in [6.45, 7) is 0. The van der Waals surface area contributed by atoms with Crippen LogP contribution in [0.2, 0.25) is 0 Å². The predicted octanol–water partition coefficient (Wildman–Crippen LogP) is 2.54. The van der Waals surface area contributed by atoms with Crippen molar-refractivity contribution >= 4 is 11.9 Å². The maximum atomic E-state index is 11.2. The molecule has 6 heteroatoms. The molecule has 0 radical (unpaired) electrons. The minimum absolute atomic E-state index is 0.230. The van der Waals surface area contributed by atoms with Gasteiger partial charge < -0.3 is 14.6 Å². The molecule has 0 saturated heterocycles. The van der Waals surface area contributed by atoms with Crippen molar-refractivity contribution in [1.82, 2.24) is 4.98 Å². The van der Waals surface area contributed by atoms with Gasteiger partial charge in [0.05, 0.1) is 0 Å². The van der Waals surface area contributed by atoms with Crippen molar-refractivity contribution in [2.24, 2.45) is 17.8 Å². The summed E-state index contributed by atoms with van der Waals surface area (Å²) in [5.74, 6) is -0.924. The molecule has 0 unspecified atom stereocenters. The Morgan fingerprint density at radius 3 is 1.90 bits per heavy atom. The molecule has 1 aromatic heterocycles. The normalized spacial score (nSPS) is 36.9. The average molecular weight is 291 g/mol. The Bertz CT molecular complexity index is 565. The maximum absolute atomic E-state index is 11.2. The Hall–Kier alpha value is -1.85. The summed E-state index contributed by atoms with van der Waals surface area (Å²) in [5, 5.41) is 18.2. The number of nitrogens with zero attached hydrogens (tertiary/aromatic N) is 1. The lowest BCUT2D eigenvalue weighted by Gasteiger charge is -2.55. The van der Waals surface area contributed by atoms with Gasteiger partial charge in [-0.15, -0.1) is 0 Å². The monoisotopic (exact) mass is 291 g/mol. The molecule has 4 saturated carbocycles. The first-order chi connectivity index (χ1) is 9.97. The first-order valence-corrected chi connectivity index (χ1v) is 7.45. The highest BCUT2D eigenvalue weighted by Crippen LogP contribution is 2.60. The lowest BCUT2D eigenvalue weighted by Crippen LogP contribution is -2.48. The zero-order valence-electron chi connectivity index (χ0n) is 11.5. The van der Waals surface area contributed by atoms with Crippen molar-refractivity contribution < 1.29 is 24.2 Å². The summed E-state index contributed by atoms with van der Waals surface area (Å²) in [4.78, 5) is 26.4. The third-order valence-corrected chi connectivity index (χ3v) is 5.52. The van der Waals surface area contributed by atoms with Gasteiger partial charge in [-0.3, -0.25) is 0 Å². The van der Waals surface area contributed by atoms with E-state index in [-0.39, 0.29) is 5.41 Å². The van der Waals surface area contributed by atoms with E-state index in [4.69, 9.17) is 14.6 Å². The molecular weight excluding hydrogens is 274 g/mol. The molecule has 0 spiro atoms. The van der Waals surface area contributed by atoms with Crippen LogP contribution < -0.4 is 0 Å². The Kier molecular flexibility index (Phi) is 2.50. The third-order valence-electron chi connectivity index (χ3n) is 5.52. The minimum Gasteiger partial charge on any atom is -0.476 e. The van der Waals surface area contributed by atoms with Crippen LogP contribution in [0.3, 0.4) is 0 Å². The van der Waals surface area contributed by atoms with E-state index in [1.54, 1.807) is 0 Å². The smallest absolute Gasteiger partial charge is 0.374 e. The van der Waals surface area contributed by atoms with Crippen molar-refractivity contribution in [2.45, 2.75) is 43.9 Å². The van der Waals surface area contributed by atoms with E-state index in [0.29, 0.717) is 23.6 Å². The summed E-state index contributed by atoms with van der Waals surface area (Å²) in [6.07, 6.45) is 6.61. The van der Waals surface area contributed by atoms with E-state index in [2.05, 4.69) is 4.98 Å². The van der Waals surface area contributed by atoms with Gasteiger partial charge in [0.25, 0.3) is 0 Å². The van der Waals surface area contributed by atoms with Crippen LogP contribution in [0.25, 0.3) is 0 Å². The van der Waals surface area contributed by atoms with Crippen LogP contribution in [0.1, 0.15) is 65.5 Å². The topological polar surface area (TPSA) is 101 Å². The van der Waals surface area contributed by atoms with Crippen molar-refractivity contribution in [2.75, 3.05) is 0 Å². The number of carboxylic acids is 2. The van der Waals surface area contributed by atoms with Crippen LogP contribution in [0.15, 0.2) is 4.42 Å². The standard InChI is InChI=1S/C15H17NO5/c17-12(18)10-11(13(19)20)21-14(16-10)15-4-7-1-8(5-15)3-9(2-7)6-15/h7-9H,1-6H2,(H,17,18)(H,19,20). The Morgan fingerprint density at radius 1 is 1.00 bits per heavy atom. The Labute approximate surface area is 121 Å². The van der Waals surface area contributed by atoms with Gasteiger partial charge >= 0.3 is 11.9 Å². The quantitative estimate of drug-likeness (QED) is 0.887. The molecule has 4 bridgehead atoms. The number of hydrogen-bond acceptors (Lipinski definition) is 4. The van der Waals surface area contributed by atoms with Gasteiger partial charge in [-0.2, -0.15) is 0 Å². The maximum Gasteiger partial charge on any atom is 0.374 e. The first kappa shape index (κ1) is 12.9. The number of oxazole rings is 1. The fraction of sp³-hybridized carbons (Fsp3) is 0.667. The van der Waals surface area contributed by atoms with E-state index in [1.165, 1.54) is 19.3 Å². The molecule has 1 heterocycles. The molecule has 2 N–H and O–H groups in total. The van der Waals surface area contributed by atoms with Crippen LogP contribution in [0, 0.1) is 17.8 Å². The largest absolute Gasteiger partial charge is 0.476 e. The molecule has 1 aromatic rings. The van der Waals surface area contributed by atoms with Gasteiger partial charge in [0.2, 0.25) is 17.3 Å². The summed E-state index contributed by atoms with van der Waals surface area (Å²) in [5.41, 5.74) is -0.694. The lowest BCUT2D eigenvalue weighted by molar-refractivity contribution is -0.0182. The lowest BCUT2D eigenvalue weighted by atomic mass is 9.49. The number of carboxylic acid groups (broad SMARTS) is 2. The van der Waals surface area contributed by atoms with Crippen molar-refractivity contribution in [3.8, 4) is 0 Å². The second kappa shape index (κ2) is 4.08. The van der Waals surface area contributed by atoms with Crippen LogP contribution in [0.4, 0.5) is 0 Å². The number of aromatic nitrogens is 1. The Morgan fingerprint density at radius 2 is 1.52 bits per heavy atom. The highest BCUT2D eigenvalue weighted by atomic mass is 16.4. The average Bonchev–Trinajstić information content (AvgIpc) is 2.82. The first-order valence-electron chi connectivity index (χ1n) is 7.45. The fourth-order valence-corrected chi connectivity index (χ4v) is 5.21. The predicted molar refractivity (Wildman–Crippen MR) is 70.3 cm³/mol. The number of carbonyl (C=O) groups is 2. The van der Waals surface area contributed by atoms with E-state index < -0.39 is 23.4 Å². The molecule has 0 amide bonds. The molecule has 21 heavy (non-hydrogen) atoms. The van der Waals surface area contributed by atoms with Crippen LogP contribution in [0.5, 0.6) is 0 Å². The molecule has 4 fully saturated rings. The summed E-state index contributed by atoms with van der Waals surface area (Å²) in [6, 6.07) is 0. The van der Waals surface area contributed by atoms with Gasteiger partial charge in [-0.25, -0.2) is 14.6 Å². The molecule has 112 valence electrons. The summed E-state index contributed by atoms with van der Waals surface area (Å²) in [7, 11) is 0. The molecule has 0 atom stereocenters. The molecule has 4 aliphatic rings. The van der Waals surface area contributed by atoms with Gasteiger partial charge in [0, 0.05) is 5.41 Å². The van der Waals surface area contributed by atoms with E-state index >= 15 is 0 Å². The van der Waals surface area contributed by atoms with E-state index in [0.717, 1.165) is 19.3 Å². The van der Waals surface area contributed by atoms with Crippen LogP contribution >= 0.6 is 0 Å². The van der Waals surface area contributed by atoms with Crippen LogP contribution in [-0.4, -0.2) is 27.1 Å². The number of aromatic carboxylic acids is 2. The summed E-state index contributed by atoms with van der Waals surface area (Å²) >= 11 is 0. The van der Waals surface area contributed by atoms with E-state index in [9.17, 15) is 9.59 Å². The molecule has 0 aromatic carbocycles. The molecular formula is C15H17NO5. The third kappa shape index (κ3) is 1.81. The molecule has 5 rings (SSSR count). The van der Waals surface area contributed by atoms with Crippen molar-refractivity contribution in [3.05, 3.63) is 17.3 Å². The minimum atomic E-state index is -1.36. The summed E-state index contributed by atoms with van der Waals surface area (Å²) < 4.78 is 5.43. The van der Waals surface area contributed by atoms with Crippen molar-refractivity contribution in [3.63, 3.8) is 0 Å². The highest BCUT2D eigenvalue weighted by molar-refractivity contribution is 5.98. The zero-order chi connectivity index (χ0) is 14.8. The second-order valence-electron chi connectivity index (χ2n) is 7.00. The van der Waals surface area contributed by atoms with E-state index in [1.807, 2.05) is 0 Å². The molecule has 6 nitrogen and oxygen atoms in total. The Balaban J connectivity index is 1.78. The van der Waals surface area contributed by atoms with Gasteiger partial charge in [0.1, 0.15) is 0 Å². The van der Waals surface area contributed by atoms with Gasteiger partial charge in [-0.05, 0) is 56.3 Å². The SMILES string of the molecule is O=C(O)c1nc(C23CC4CC(CC(C4)C2)C3)oc1C(=O)O. The van der Waals surface area contributed by atoms with Crippen molar-refractivity contribution in [1.29, 1.82) is 0 Å². The van der Waals surface area contributed by atoms with Gasteiger partial charge in [-0.1, -0.05) is 0 Å². The van der Waals surface area contributed by atoms with Crippen LogP contribution in [-0.2, 0) is 5.41 Å². The number of rotatable bonds is 3. The number of hydrogen-bond donors (Lipinski definition) is 2. The second-order valence-corrected chi connectivity index (χ2v) is 7.00. The zero-order valence-corrected chi connectivity index (χ0v) is 11.5. The highest BCUT2D eigenvalue weighted by Gasteiger charge is 2.54. The molecule has 4 aliphatic carbocycles. The van der Waals surface area contributed by atoms with Gasteiger partial charge in [0.15, 0.2) is 0 Å². The fourth-order valence-electron chi connectivity index (χ4n) is 5.21.